The second kappa shape index (κ2) is 8.32. The average molecular weight is 402 g/mol. The van der Waals surface area contributed by atoms with Gasteiger partial charge < -0.3 is 10.1 Å². The Kier molecular flexibility index (Phi) is 5.24. The van der Waals surface area contributed by atoms with Gasteiger partial charge in [-0.2, -0.15) is 5.10 Å². The first-order valence-electron chi connectivity index (χ1n) is 10.6. The first kappa shape index (κ1) is 18.9. The number of ether oxygens (including phenoxy) is 1. The highest BCUT2D eigenvalue weighted by Gasteiger charge is 2.26. The standard InChI is InChI=1S/C24H26N4O2/c29-24(26-21-6-4-18(5-7-21)22-9-11-25-27-22)20-2-1-12-28(16-20)15-17-3-8-23-19(14-17)10-13-30-23/h3-9,11,14,20H,1-2,10,12-13,15-16H2,(H,25,27)(H,26,29). The zero-order valence-corrected chi connectivity index (χ0v) is 16.9. The van der Waals surface area contributed by atoms with Crippen LogP contribution in [0, 0.1) is 5.92 Å². The number of hydrogen-bond acceptors (Lipinski definition) is 4. The van der Waals surface area contributed by atoms with Gasteiger partial charge in [0.05, 0.1) is 18.2 Å². The first-order chi connectivity index (χ1) is 14.7. The number of nitrogens with one attached hydrogen (secondary N) is 2. The fourth-order valence-electron chi connectivity index (χ4n) is 4.40. The molecule has 1 aromatic heterocycles. The van der Waals surface area contributed by atoms with Gasteiger partial charge >= 0.3 is 0 Å². The summed E-state index contributed by atoms with van der Waals surface area (Å²) in [5, 5.41) is 10.0. The van der Waals surface area contributed by atoms with Gasteiger partial charge in [-0.3, -0.25) is 14.8 Å². The molecule has 2 N–H and O–H groups in total. The minimum atomic E-state index is 0.0174. The number of likely N-dealkylation sites (tertiary alicyclic amines) is 1. The van der Waals surface area contributed by atoms with Crippen molar-refractivity contribution >= 4 is 11.6 Å². The topological polar surface area (TPSA) is 70.2 Å². The van der Waals surface area contributed by atoms with E-state index in [1.165, 1.54) is 11.1 Å². The van der Waals surface area contributed by atoms with Gasteiger partial charge in [-0.1, -0.05) is 24.3 Å². The first-order valence-corrected chi connectivity index (χ1v) is 10.6. The Morgan fingerprint density at radius 3 is 2.93 bits per heavy atom. The van der Waals surface area contributed by atoms with Gasteiger partial charge in [-0.15, -0.1) is 0 Å². The summed E-state index contributed by atoms with van der Waals surface area (Å²) in [6, 6.07) is 16.3. The predicted octanol–water partition coefficient (Wildman–Crippen LogP) is 3.86. The zero-order valence-electron chi connectivity index (χ0n) is 16.9. The number of rotatable bonds is 5. The van der Waals surface area contributed by atoms with Crippen LogP contribution in [-0.4, -0.2) is 40.7 Å². The van der Waals surface area contributed by atoms with E-state index in [0.29, 0.717) is 0 Å². The van der Waals surface area contributed by atoms with Gasteiger partial charge in [0.25, 0.3) is 0 Å². The van der Waals surface area contributed by atoms with Gasteiger partial charge in [-0.25, -0.2) is 0 Å². The molecule has 2 aliphatic rings. The molecule has 0 radical (unpaired) electrons. The number of carbonyl (C=O) groups is 1. The van der Waals surface area contributed by atoms with Crippen molar-refractivity contribution in [3.8, 4) is 17.0 Å². The predicted molar refractivity (Wildman–Crippen MR) is 116 cm³/mol. The molecule has 2 aliphatic heterocycles. The number of fused-ring (bicyclic) bond motifs is 1. The lowest BCUT2D eigenvalue weighted by atomic mass is 9.96. The van der Waals surface area contributed by atoms with E-state index in [0.717, 1.165) is 68.2 Å². The summed E-state index contributed by atoms with van der Waals surface area (Å²) in [4.78, 5) is 15.3. The second-order valence-electron chi connectivity index (χ2n) is 8.15. The monoisotopic (exact) mass is 402 g/mol. The largest absolute Gasteiger partial charge is 0.493 e. The Hall–Kier alpha value is -3.12. The molecule has 6 heteroatoms. The Morgan fingerprint density at radius 2 is 2.10 bits per heavy atom. The van der Waals surface area contributed by atoms with Gasteiger partial charge in [0.2, 0.25) is 5.91 Å². The zero-order chi connectivity index (χ0) is 20.3. The molecule has 0 bridgehead atoms. The molecule has 5 rings (SSSR count). The van der Waals surface area contributed by atoms with Crippen LogP contribution in [0.15, 0.2) is 54.7 Å². The number of anilines is 1. The number of nitrogens with zero attached hydrogens (tertiary/aromatic N) is 2. The molecule has 6 nitrogen and oxygen atoms in total. The van der Waals surface area contributed by atoms with Crippen LogP contribution >= 0.6 is 0 Å². The number of benzene rings is 2. The highest BCUT2D eigenvalue weighted by molar-refractivity contribution is 5.93. The minimum Gasteiger partial charge on any atom is -0.493 e. The molecular weight excluding hydrogens is 376 g/mol. The van der Waals surface area contributed by atoms with Crippen LogP contribution in [0.3, 0.4) is 0 Å². The van der Waals surface area contributed by atoms with Crippen molar-refractivity contribution < 1.29 is 9.53 Å². The summed E-state index contributed by atoms with van der Waals surface area (Å²) in [5.74, 6) is 1.15. The van der Waals surface area contributed by atoms with Crippen molar-refractivity contribution in [3.63, 3.8) is 0 Å². The number of H-pyrrole nitrogens is 1. The number of aromatic amines is 1. The average Bonchev–Trinajstić information content (AvgIpc) is 3.46. The van der Waals surface area contributed by atoms with Crippen molar-refractivity contribution in [2.75, 3.05) is 25.0 Å². The van der Waals surface area contributed by atoms with Crippen molar-refractivity contribution in [3.05, 3.63) is 65.9 Å². The van der Waals surface area contributed by atoms with E-state index in [4.69, 9.17) is 4.74 Å². The lowest BCUT2D eigenvalue weighted by Gasteiger charge is -2.32. The molecular formula is C24H26N4O2. The Labute approximate surface area is 176 Å². The van der Waals surface area contributed by atoms with Crippen molar-refractivity contribution in [2.24, 2.45) is 5.92 Å². The third-order valence-corrected chi connectivity index (χ3v) is 6.00. The minimum absolute atomic E-state index is 0.0174. The molecule has 1 unspecified atom stereocenters. The molecule has 0 saturated carbocycles. The van der Waals surface area contributed by atoms with Gasteiger partial charge in [0.15, 0.2) is 0 Å². The van der Waals surface area contributed by atoms with Crippen molar-refractivity contribution in [1.82, 2.24) is 15.1 Å². The number of piperidine rings is 1. The number of aromatic nitrogens is 2. The Morgan fingerprint density at radius 1 is 1.20 bits per heavy atom. The number of carbonyl (C=O) groups excluding carboxylic acids is 1. The summed E-state index contributed by atoms with van der Waals surface area (Å²) in [6.07, 6.45) is 4.71. The summed E-state index contributed by atoms with van der Waals surface area (Å²) < 4.78 is 5.61. The lowest BCUT2D eigenvalue weighted by molar-refractivity contribution is -0.121. The molecule has 3 aromatic rings. The highest BCUT2D eigenvalue weighted by Crippen LogP contribution is 2.27. The van der Waals surface area contributed by atoms with Crippen molar-refractivity contribution in [2.45, 2.75) is 25.8 Å². The molecule has 1 fully saturated rings. The molecule has 0 spiro atoms. The molecule has 2 aromatic carbocycles. The van der Waals surface area contributed by atoms with Crippen molar-refractivity contribution in [1.29, 1.82) is 0 Å². The molecule has 154 valence electrons. The van der Waals surface area contributed by atoms with E-state index in [1.54, 1.807) is 6.20 Å². The fraction of sp³-hybridized carbons (Fsp3) is 0.333. The van der Waals surface area contributed by atoms with E-state index >= 15 is 0 Å². The smallest absolute Gasteiger partial charge is 0.228 e. The third-order valence-electron chi connectivity index (χ3n) is 6.00. The maximum Gasteiger partial charge on any atom is 0.228 e. The lowest BCUT2D eigenvalue weighted by Crippen LogP contribution is -2.40. The normalized spacial score (nSPS) is 18.6. The number of hydrogen-bond donors (Lipinski definition) is 2. The number of amides is 1. The maximum absolute atomic E-state index is 12.9. The van der Waals surface area contributed by atoms with Crippen LogP contribution < -0.4 is 10.1 Å². The summed E-state index contributed by atoms with van der Waals surface area (Å²) in [5.41, 5.74) is 5.45. The second-order valence-corrected chi connectivity index (χ2v) is 8.15. The van der Waals surface area contributed by atoms with E-state index in [2.05, 4.69) is 38.6 Å². The molecule has 1 saturated heterocycles. The van der Waals surface area contributed by atoms with Crippen LogP contribution in [-0.2, 0) is 17.8 Å². The van der Waals surface area contributed by atoms with Crippen LogP contribution in [0.1, 0.15) is 24.0 Å². The summed E-state index contributed by atoms with van der Waals surface area (Å²) in [6.45, 7) is 3.51. The SMILES string of the molecule is O=C(Nc1ccc(-c2ccn[nH]2)cc1)C1CCCN(Cc2ccc3c(c2)CCO3)C1. The molecule has 0 aliphatic carbocycles. The molecule has 1 atom stereocenters. The van der Waals surface area contributed by atoms with Crippen LogP contribution in [0.2, 0.25) is 0 Å². The van der Waals surface area contributed by atoms with Gasteiger partial charge in [0, 0.05) is 31.4 Å². The third kappa shape index (κ3) is 4.09. The Balaban J connectivity index is 1.19. The maximum atomic E-state index is 12.9. The fourth-order valence-corrected chi connectivity index (χ4v) is 4.40. The van der Waals surface area contributed by atoms with Crippen LogP contribution in [0.5, 0.6) is 5.75 Å². The van der Waals surface area contributed by atoms with E-state index < -0.39 is 0 Å². The highest BCUT2D eigenvalue weighted by atomic mass is 16.5. The van der Waals surface area contributed by atoms with Crippen LogP contribution in [0.25, 0.3) is 11.3 Å². The van der Waals surface area contributed by atoms with Gasteiger partial charge in [-0.05, 0) is 60.3 Å². The quantitative estimate of drug-likeness (QED) is 0.680. The molecule has 3 heterocycles. The summed E-state index contributed by atoms with van der Waals surface area (Å²) in [7, 11) is 0. The van der Waals surface area contributed by atoms with E-state index in [1.807, 2.05) is 30.3 Å². The molecule has 30 heavy (non-hydrogen) atoms. The Bertz CT molecular complexity index is 1010. The summed E-state index contributed by atoms with van der Waals surface area (Å²) >= 11 is 0. The van der Waals surface area contributed by atoms with E-state index in [-0.39, 0.29) is 11.8 Å². The van der Waals surface area contributed by atoms with E-state index in [9.17, 15) is 4.79 Å². The molecule has 1 amide bonds. The van der Waals surface area contributed by atoms with Crippen LogP contribution in [0.4, 0.5) is 5.69 Å². The van der Waals surface area contributed by atoms with Gasteiger partial charge in [0.1, 0.15) is 5.75 Å².